The fourth-order valence-corrected chi connectivity index (χ4v) is 5.99. The summed E-state index contributed by atoms with van der Waals surface area (Å²) in [7, 11) is -1.80. The summed E-state index contributed by atoms with van der Waals surface area (Å²) in [5.41, 5.74) is 6.86. The number of hydrogen-bond acceptors (Lipinski definition) is 6. The number of ether oxygens (including phenoxy) is 1. The van der Waals surface area contributed by atoms with Crippen LogP contribution in [-0.4, -0.2) is 73.6 Å². The molecule has 1 rings (SSSR count). The lowest BCUT2D eigenvalue weighted by molar-refractivity contribution is -0.910. The number of unbranched alkanes of at least 4 members (excludes halogenated alkanes) is 14. The maximum atomic E-state index is 12.3. The number of nitrogens with two attached hydrogens (primary N) is 1. The van der Waals surface area contributed by atoms with E-state index < -0.39 is 22.1 Å². The first-order valence-electron chi connectivity index (χ1n) is 16.5. The maximum Gasteiger partial charge on any atom is 0.323 e. The van der Waals surface area contributed by atoms with Gasteiger partial charge in [0.15, 0.2) is 0 Å². The minimum absolute atomic E-state index is 0.169. The lowest BCUT2D eigenvalue weighted by Crippen LogP contribution is -2.46. The molecule has 0 aliphatic rings. The highest BCUT2D eigenvalue weighted by Gasteiger charge is 2.22. The summed E-state index contributed by atoms with van der Waals surface area (Å²) in [5.74, 6) is -0.477. The molecular weight excluding hydrogens is 552 g/mol. The molecule has 244 valence electrons. The zero-order valence-electron chi connectivity index (χ0n) is 26.6. The topological polar surface area (TPSA) is 127 Å². The number of nitrogens with zero attached hydrogens (tertiary/aromatic N) is 1. The van der Waals surface area contributed by atoms with Crippen molar-refractivity contribution < 1.29 is 32.1 Å². The van der Waals surface area contributed by atoms with Gasteiger partial charge in [0.05, 0.1) is 39.0 Å². The first kappa shape index (κ1) is 38.3. The van der Waals surface area contributed by atoms with Crippen molar-refractivity contribution in [2.24, 2.45) is 5.73 Å². The molecular formula is C33H61N2O6S+. The van der Waals surface area contributed by atoms with Crippen LogP contribution in [0, 0.1) is 0 Å². The molecule has 0 heterocycles. The van der Waals surface area contributed by atoms with Gasteiger partial charge in [0, 0.05) is 6.42 Å². The van der Waals surface area contributed by atoms with Crippen LogP contribution in [0.2, 0.25) is 0 Å². The van der Waals surface area contributed by atoms with Crippen molar-refractivity contribution in [3.8, 4) is 5.75 Å². The SMILES string of the molecule is CCCCCCCCCCCCCCCC[N+](C)(CCCCOC(=O)[C@@H](N)Cc1ccc(O)cc1)CCCS(=O)(=O)O. The number of esters is 1. The molecule has 0 bridgehead atoms. The quantitative estimate of drug-likeness (QED) is 0.0431. The van der Waals surface area contributed by atoms with Crippen molar-refractivity contribution in [2.45, 2.75) is 129 Å². The highest BCUT2D eigenvalue weighted by molar-refractivity contribution is 7.85. The molecule has 0 saturated carbocycles. The fourth-order valence-electron chi connectivity index (χ4n) is 5.50. The summed E-state index contributed by atoms with van der Waals surface area (Å²) < 4.78 is 37.8. The summed E-state index contributed by atoms with van der Waals surface area (Å²) in [6.07, 6.45) is 20.8. The molecule has 0 spiro atoms. The van der Waals surface area contributed by atoms with Gasteiger partial charge in [-0.3, -0.25) is 9.35 Å². The van der Waals surface area contributed by atoms with E-state index in [4.69, 9.17) is 15.0 Å². The molecule has 42 heavy (non-hydrogen) atoms. The van der Waals surface area contributed by atoms with Gasteiger partial charge in [0.2, 0.25) is 0 Å². The largest absolute Gasteiger partial charge is 0.508 e. The third-order valence-electron chi connectivity index (χ3n) is 8.18. The van der Waals surface area contributed by atoms with Crippen LogP contribution in [0.4, 0.5) is 0 Å². The van der Waals surface area contributed by atoms with Crippen molar-refractivity contribution >= 4 is 16.1 Å². The summed E-state index contributed by atoms with van der Waals surface area (Å²) in [6, 6.07) is 5.85. The van der Waals surface area contributed by atoms with E-state index in [1.165, 1.54) is 83.5 Å². The van der Waals surface area contributed by atoms with E-state index in [1.54, 1.807) is 24.3 Å². The molecule has 0 aromatic heterocycles. The van der Waals surface area contributed by atoms with E-state index in [2.05, 4.69) is 14.0 Å². The second-order valence-electron chi connectivity index (χ2n) is 12.4. The van der Waals surface area contributed by atoms with Crippen LogP contribution in [0.1, 0.15) is 122 Å². The summed E-state index contributed by atoms with van der Waals surface area (Å²) in [4.78, 5) is 12.3. The van der Waals surface area contributed by atoms with Gasteiger partial charge in [0.1, 0.15) is 11.8 Å². The standard InChI is InChI=1S/C33H60N2O6S/c1-3-4-5-6-7-8-9-10-11-12-13-14-15-16-24-35(2,26-19-28-42(38,39)40)25-17-18-27-41-33(37)32(34)29-30-20-22-31(36)23-21-30/h20-23,32H,3-19,24-29,34H2,1-2H3,(H-,36,38,39,40)/p+1/t32-,35?/m0/s1. The van der Waals surface area contributed by atoms with E-state index in [9.17, 15) is 18.3 Å². The van der Waals surface area contributed by atoms with Crippen LogP contribution in [0.15, 0.2) is 24.3 Å². The lowest BCUT2D eigenvalue weighted by Gasteiger charge is -2.35. The molecule has 0 radical (unpaired) electrons. The van der Waals surface area contributed by atoms with Crippen LogP contribution >= 0.6 is 0 Å². The van der Waals surface area contributed by atoms with Crippen molar-refractivity contribution in [3.05, 3.63) is 29.8 Å². The number of phenols is 1. The molecule has 0 amide bonds. The van der Waals surface area contributed by atoms with Gasteiger partial charge in [-0.1, -0.05) is 96.1 Å². The molecule has 0 saturated heterocycles. The predicted molar refractivity (Wildman–Crippen MR) is 172 cm³/mol. The zero-order chi connectivity index (χ0) is 31.1. The molecule has 0 aliphatic heterocycles. The number of rotatable bonds is 27. The van der Waals surface area contributed by atoms with Crippen LogP contribution in [0.3, 0.4) is 0 Å². The van der Waals surface area contributed by atoms with E-state index in [0.717, 1.165) is 36.0 Å². The third-order valence-corrected chi connectivity index (χ3v) is 8.99. The Morgan fingerprint density at radius 1 is 0.786 bits per heavy atom. The van der Waals surface area contributed by atoms with Gasteiger partial charge in [-0.25, -0.2) is 0 Å². The molecule has 1 aromatic carbocycles. The minimum atomic E-state index is -3.96. The first-order chi connectivity index (χ1) is 20.0. The Morgan fingerprint density at radius 2 is 1.24 bits per heavy atom. The van der Waals surface area contributed by atoms with Gasteiger partial charge in [-0.05, 0) is 49.8 Å². The lowest BCUT2D eigenvalue weighted by atomic mass is 10.0. The number of benzene rings is 1. The molecule has 0 aliphatic carbocycles. The van der Waals surface area contributed by atoms with E-state index >= 15 is 0 Å². The molecule has 1 aromatic rings. The van der Waals surface area contributed by atoms with E-state index in [-0.39, 0.29) is 11.5 Å². The van der Waals surface area contributed by atoms with Crippen LogP contribution in [0.25, 0.3) is 0 Å². The number of quaternary nitrogens is 1. The second kappa shape index (κ2) is 22.8. The van der Waals surface area contributed by atoms with Crippen molar-refractivity contribution in [1.29, 1.82) is 0 Å². The first-order valence-corrected chi connectivity index (χ1v) is 18.1. The number of phenolic OH excluding ortho intramolecular Hbond substituents is 1. The monoisotopic (exact) mass is 613 g/mol. The van der Waals surface area contributed by atoms with Crippen molar-refractivity contribution in [2.75, 3.05) is 39.0 Å². The van der Waals surface area contributed by atoms with Gasteiger partial charge in [0.25, 0.3) is 10.1 Å². The zero-order valence-corrected chi connectivity index (χ0v) is 27.4. The number of hydrogen-bond donors (Lipinski definition) is 3. The number of carbonyl (C=O) groups is 1. The van der Waals surface area contributed by atoms with Crippen LogP contribution in [-0.2, 0) is 26.1 Å². The van der Waals surface area contributed by atoms with Crippen molar-refractivity contribution in [1.82, 2.24) is 0 Å². The Labute approximate surface area is 256 Å². The van der Waals surface area contributed by atoms with Crippen LogP contribution < -0.4 is 5.73 Å². The van der Waals surface area contributed by atoms with Crippen LogP contribution in [0.5, 0.6) is 5.75 Å². The Kier molecular flexibility index (Phi) is 20.8. The Morgan fingerprint density at radius 3 is 1.74 bits per heavy atom. The third kappa shape index (κ3) is 21.1. The normalized spacial score (nSPS) is 14.0. The van der Waals surface area contributed by atoms with Gasteiger partial charge < -0.3 is 20.1 Å². The summed E-state index contributed by atoms with van der Waals surface area (Å²) in [6.45, 7) is 5.08. The minimum Gasteiger partial charge on any atom is -0.508 e. The maximum absolute atomic E-state index is 12.3. The average molecular weight is 614 g/mol. The number of aromatic hydroxyl groups is 1. The molecule has 8 nitrogen and oxygen atoms in total. The molecule has 1 unspecified atom stereocenters. The van der Waals surface area contributed by atoms with Crippen molar-refractivity contribution in [3.63, 3.8) is 0 Å². The fraction of sp³-hybridized carbons (Fsp3) is 0.788. The molecule has 4 N–H and O–H groups in total. The smallest absolute Gasteiger partial charge is 0.323 e. The summed E-state index contributed by atoms with van der Waals surface area (Å²) >= 11 is 0. The van der Waals surface area contributed by atoms with Gasteiger partial charge in [-0.2, -0.15) is 8.42 Å². The summed E-state index contributed by atoms with van der Waals surface area (Å²) in [5, 5.41) is 9.39. The van der Waals surface area contributed by atoms with Gasteiger partial charge in [-0.15, -0.1) is 0 Å². The molecule has 0 fully saturated rings. The van der Waals surface area contributed by atoms with E-state index in [1.807, 2.05) is 0 Å². The Hall–Kier alpha value is -1.68. The highest BCUT2D eigenvalue weighted by Crippen LogP contribution is 2.16. The van der Waals surface area contributed by atoms with Gasteiger partial charge >= 0.3 is 5.97 Å². The molecule has 2 atom stereocenters. The Balaban J connectivity index is 2.26. The average Bonchev–Trinajstić information content (AvgIpc) is 2.93. The highest BCUT2D eigenvalue weighted by atomic mass is 32.2. The second-order valence-corrected chi connectivity index (χ2v) is 13.9. The molecule has 9 heteroatoms. The van der Waals surface area contributed by atoms with E-state index in [0.29, 0.717) is 32.4 Å². The predicted octanol–water partition coefficient (Wildman–Crippen LogP) is 6.79. The number of carbonyl (C=O) groups excluding carboxylic acids is 1. The Bertz CT molecular complexity index is 925.